The number of anilines is 1. The van der Waals surface area contributed by atoms with Crippen molar-refractivity contribution in [2.75, 3.05) is 26.1 Å². The van der Waals surface area contributed by atoms with Gasteiger partial charge in [-0.15, -0.1) is 0 Å². The lowest BCUT2D eigenvalue weighted by atomic mass is 10.1. The van der Waals surface area contributed by atoms with Crippen LogP contribution >= 0.6 is 0 Å². The van der Waals surface area contributed by atoms with Gasteiger partial charge in [-0.05, 0) is 18.1 Å². The van der Waals surface area contributed by atoms with Gasteiger partial charge in [-0.1, -0.05) is 13.8 Å². The van der Waals surface area contributed by atoms with Gasteiger partial charge in [0.15, 0.2) is 0 Å². The Morgan fingerprint density at radius 2 is 2.17 bits per heavy atom. The van der Waals surface area contributed by atoms with Crippen molar-refractivity contribution in [1.82, 2.24) is 10.3 Å². The molecule has 0 aliphatic heterocycles. The van der Waals surface area contributed by atoms with Gasteiger partial charge in [-0.2, -0.15) is 0 Å². The standard InChI is InChI=1S/C13H21N3O2/c1-9(2)12(8-18-4)16-13(17)11-6-5-10(14-3)7-15-11/h5-7,9,12,14H,8H2,1-4H3,(H,16,17). The molecule has 1 amide bonds. The molecule has 5 nitrogen and oxygen atoms in total. The van der Waals surface area contributed by atoms with E-state index in [0.29, 0.717) is 18.2 Å². The van der Waals surface area contributed by atoms with Gasteiger partial charge in [0, 0.05) is 14.2 Å². The quantitative estimate of drug-likeness (QED) is 0.804. The molecule has 0 aliphatic rings. The third-order valence-electron chi connectivity index (χ3n) is 2.75. The maximum Gasteiger partial charge on any atom is 0.270 e. The Kier molecular flexibility index (Phi) is 5.58. The Bertz CT molecular complexity index is 376. The van der Waals surface area contributed by atoms with E-state index in [0.717, 1.165) is 5.69 Å². The molecule has 1 aromatic rings. The van der Waals surface area contributed by atoms with Crippen molar-refractivity contribution in [3.63, 3.8) is 0 Å². The predicted octanol–water partition coefficient (Wildman–Crippen LogP) is 1.52. The third-order valence-corrected chi connectivity index (χ3v) is 2.75. The van der Waals surface area contributed by atoms with Gasteiger partial charge < -0.3 is 15.4 Å². The molecule has 5 heteroatoms. The summed E-state index contributed by atoms with van der Waals surface area (Å²) >= 11 is 0. The molecule has 0 radical (unpaired) electrons. The molecule has 1 aromatic heterocycles. The zero-order valence-corrected chi connectivity index (χ0v) is 11.4. The van der Waals surface area contributed by atoms with E-state index in [4.69, 9.17) is 4.74 Å². The highest BCUT2D eigenvalue weighted by molar-refractivity contribution is 5.92. The zero-order valence-electron chi connectivity index (χ0n) is 11.4. The van der Waals surface area contributed by atoms with Crippen LogP contribution in [0.5, 0.6) is 0 Å². The summed E-state index contributed by atoms with van der Waals surface area (Å²) in [7, 11) is 3.44. The minimum atomic E-state index is -0.173. The van der Waals surface area contributed by atoms with Gasteiger partial charge in [0.25, 0.3) is 5.91 Å². The van der Waals surface area contributed by atoms with Gasteiger partial charge in [0.1, 0.15) is 5.69 Å². The van der Waals surface area contributed by atoms with E-state index in [2.05, 4.69) is 15.6 Å². The SMILES string of the molecule is CNc1ccc(C(=O)NC(COC)C(C)C)nc1. The van der Waals surface area contributed by atoms with Crippen molar-refractivity contribution in [2.24, 2.45) is 5.92 Å². The molecule has 0 aromatic carbocycles. The summed E-state index contributed by atoms with van der Waals surface area (Å²) in [6.07, 6.45) is 1.63. The molecule has 2 N–H and O–H groups in total. The molecule has 1 unspecified atom stereocenters. The van der Waals surface area contributed by atoms with E-state index in [-0.39, 0.29) is 11.9 Å². The Balaban J connectivity index is 2.67. The second-order valence-corrected chi connectivity index (χ2v) is 4.46. The number of pyridine rings is 1. The van der Waals surface area contributed by atoms with Crippen molar-refractivity contribution >= 4 is 11.6 Å². The fourth-order valence-electron chi connectivity index (χ4n) is 1.50. The van der Waals surface area contributed by atoms with Crippen LogP contribution < -0.4 is 10.6 Å². The minimum Gasteiger partial charge on any atom is -0.387 e. The molecule has 18 heavy (non-hydrogen) atoms. The number of ether oxygens (including phenoxy) is 1. The van der Waals surface area contributed by atoms with E-state index in [1.54, 1.807) is 19.4 Å². The summed E-state index contributed by atoms with van der Waals surface area (Å²) in [6, 6.07) is 3.52. The molecule has 0 saturated carbocycles. The first-order chi connectivity index (χ1) is 8.58. The number of carbonyl (C=O) groups excluding carboxylic acids is 1. The van der Waals surface area contributed by atoms with Crippen molar-refractivity contribution in [3.05, 3.63) is 24.0 Å². The second-order valence-electron chi connectivity index (χ2n) is 4.46. The Labute approximate surface area is 108 Å². The average molecular weight is 251 g/mol. The monoisotopic (exact) mass is 251 g/mol. The van der Waals surface area contributed by atoms with Crippen LogP contribution in [0, 0.1) is 5.92 Å². The van der Waals surface area contributed by atoms with Crippen molar-refractivity contribution in [3.8, 4) is 0 Å². The van der Waals surface area contributed by atoms with Gasteiger partial charge in [-0.25, -0.2) is 4.98 Å². The van der Waals surface area contributed by atoms with Gasteiger partial charge in [0.05, 0.1) is 24.5 Å². The summed E-state index contributed by atoms with van der Waals surface area (Å²) in [5.74, 6) is 0.138. The maximum absolute atomic E-state index is 12.0. The number of aromatic nitrogens is 1. The highest BCUT2D eigenvalue weighted by Gasteiger charge is 2.17. The third kappa shape index (κ3) is 4.00. The van der Waals surface area contributed by atoms with E-state index >= 15 is 0 Å². The fraction of sp³-hybridized carbons (Fsp3) is 0.538. The van der Waals surface area contributed by atoms with Gasteiger partial charge >= 0.3 is 0 Å². The Morgan fingerprint density at radius 1 is 1.44 bits per heavy atom. The average Bonchev–Trinajstić information content (AvgIpc) is 2.38. The second kappa shape index (κ2) is 6.96. The molecule has 100 valence electrons. The van der Waals surface area contributed by atoms with Crippen LogP contribution in [0.4, 0.5) is 5.69 Å². The first-order valence-corrected chi connectivity index (χ1v) is 6.02. The Morgan fingerprint density at radius 3 is 2.61 bits per heavy atom. The molecule has 0 spiro atoms. The molecule has 0 bridgehead atoms. The number of amides is 1. The number of nitrogens with zero attached hydrogens (tertiary/aromatic N) is 1. The number of methoxy groups -OCH3 is 1. The van der Waals surface area contributed by atoms with Crippen LogP contribution in [0.15, 0.2) is 18.3 Å². The first kappa shape index (κ1) is 14.4. The van der Waals surface area contributed by atoms with E-state index in [9.17, 15) is 4.79 Å². The summed E-state index contributed by atoms with van der Waals surface area (Å²) in [6.45, 7) is 4.58. The largest absolute Gasteiger partial charge is 0.387 e. The zero-order chi connectivity index (χ0) is 13.5. The van der Waals surface area contributed by atoms with Gasteiger partial charge in [-0.3, -0.25) is 4.79 Å². The molecule has 0 fully saturated rings. The lowest BCUT2D eigenvalue weighted by Crippen LogP contribution is -2.41. The van der Waals surface area contributed by atoms with Crippen LogP contribution in [-0.2, 0) is 4.74 Å². The maximum atomic E-state index is 12.0. The molecule has 0 saturated heterocycles. The molecule has 1 atom stereocenters. The van der Waals surface area contributed by atoms with Crippen LogP contribution in [0.25, 0.3) is 0 Å². The van der Waals surface area contributed by atoms with Crippen LogP contribution in [-0.4, -0.2) is 37.7 Å². The number of nitrogens with one attached hydrogen (secondary N) is 2. The number of hydrogen-bond donors (Lipinski definition) is 2. The topological polar surface area (TPSA) is 63.2 Å². The number of hydrogen-bond acceptors (Lipinski definition) is 4. The molecule has 0 aliphatic carbocycles. The lowest BCUT2D eigenvalue weighted by Gasteiger charge is -2.21. The van der Waals surface area contributed by atoms with Crippen LogP contribution in [0.3, 0.4) is 0 Å². The van der Waals surface area contributed by atoms with Crippen molar-refractivity contribution in [1.29, 1.82) is 0 Å². The first-order valence-electron chi connectivity index (χ1n) is 6.02. The van der Waals surface area contributed by atoms with E-state index < -0.39 is 0 Å². The van der Waals surface area contributed by atoms with E-state index in [1.807, 2.05) is 27.0 Å². The summed E-state index contributed by atoms with van der Waals surface area (Å²) in [5, 5.41) is 5.88. The molecular formula is C13H21N3O2. The van der Waals surface area contributed by atoms with Crippen LogP contribution in [0.2, 0.25) is 0 Å². The summed E-state index contributed by atoms with van der Waals surface area (Å²) < 4.78 is 5.09. The smallest absolute Gasteiger partial charge is 0.270 e. The molecular weight excluding hydrogens is 230 g/mol. The Hall–Kier alpha value is -1.62. The molecule has 1 rings (SSSR count). The molecule has 1 heterocycles. The highest BCUT2D eigenvalue weighted by atomic mass is 16.5. The van der Waals surface area contributed by atoms with Crippen molar-refractivity contribution in [2.45, 2.75) is 19.9 Å². The number of rotatable bonds is 6. The van der Waals surface area contributed by atoms with Crippen molar-refractivity contribution < 1.29 is 9.53 Å². The normalized spacial score (nSPS) is 12.3. The van der Waals surface area contributed by atoms with Crippen LogP contribution in [0.1, 0.15) is 24.3 Å². The summed E-state index contributed by atoms with van der Waals surface area (Å²) in [5.41, 5.74) is 1.29. The fourth-order valence-corrected chi connectivity index (χ4v) is 1.50. The highest BCUT2D eigenvalue weighted by Crippen LogP contribution is 2.07. The van der Waals surface area contributed by atoms with Gasteiger partial charge in [0.2, 0.25) is 0 Å². The lowest BCUT2D eigenvalue weighted by molar-refractivity contribution is 0.0862. The minimum absolute atomic E-state index is 0.00623. The predicted molar refractivity (Wildman–Crippen MR) is 71.8 cm³/mol. The van der Waals surface area contributed by atoms with E-state index in [1.165, 1.54) is 0 Å². The number of carbonyl (C=O) groups is 1. The summed E-state index contributed by atoms with van der Waals surface area (Å²) in [4.78, 5) is 16.1.